The van der Waals surface area contributed by atoms with Crippen LogP contribution in [-0.4, -0.2) is 60.2 Å². The van der Waals surface area contributed by atoms with Crippen LogP contribution in [0, 0.1) is 5.92 Å². The summed E-state index contributed by atoms with van der Waals surface area (Å²) in [5.41, 5.74) is 0. The van der Waals surface area contributed by atoms with Gasteiger partial charge in [0.05, 0.1) is 18.2 Å². The molecule has 0 aromatic carbocycles. The molecule has 2 aliphatic heterocycles. The Morgan fingerprint density at radius 2 is 1.96 bits per heavy atom. The molecule has 2 aliphatic rings. The fourth-order valence-corrected chi connectivity index (χ4v) is 5.14. The number of aromatic nitrogens is 1. The van der Waals surface area contributed by atoms with E-state index in [0.717, 1.165) is 44.2 Å². The molecular weight excluding hydrogens is 348 g/mol. The molecule has 0 saturated carbocycles. The van der Waals surface area contributed by atoms with Gasteiger partial charge in [0.2, 0.25) is 5.91 Å². The molecule has 1 amide bonds. The average molecular weight is 381 g/mol. The predicted molar refractivity (Wildman–Crippen MR) is 106 cm³/mol. The maximum Gasteiger partial charge on any atom is 0.243 e. The molecule has 2 fully saturated rings. The first-order valence-electron chi connectivity index (χ1n) is 9.81. The summed E-state index contributed by atoms with van der Waals surface area (Å²) in [6, 6.07) is -0.157. The molecule has 1 aromatic rings. The van der Waals surface area contributed by atoms with Crippen molar-refractivity contribution in [3.05, 3.63) is 11.1 Å². The third kappa shape index (κ3) is 4.82. The Kier molecular flexibility index (Phi) is 6.66. The van der Waals surface area contributed by atoms with Crippen LogP contribution in [0.15, 0.2) is 6.20 Å². The van der Waals surface area contributed by atoms with Gasteiger partial charge in [-0.05, 0) is 51.6 Å². The van der Waals surface area contributed by atoms with Gasteiger partial charge < -0.3 is 15.4 Å². The lowest BCUT2D eigenvalue weighted by molar-refractivity contribution is -0.130. The van der Waals surface area contributed by atoms with Crippen molar-refractivity contribution < 1.29 is 9.53 Å². The number of ether oxygens (including phenoxy) is 1. The highest BCUT2D eigenvalue weighted by atomic mass is 32.1. The first kappa shape index (κ1) is 19.7. The Labute approximate surface area is 160 Å². The summed E-state index contributed by atoms with van der Waals surface area (Å²) in [5.74, 6) is 0.852. The summed E-state index contributed by atoms with van der Waals surface area (Å²) < 4.78 is 5.83. The van der Waals surface area contributed by atoms with Crippen LogP contribution < -0.4 is 10.6 Å². The van der Waals surface area contributed by atoms with E-state index in [-0.39, 0.29) is 30.1 Å². The van der Waals surface area contributed by atoms with Crippen molar-refractivity contribution in [1.29, 1.82) is 0 Å². The Balaban J connectivity index is 1.65. The van der Waals surface area contributed by atoms with Crippen molar-refractivity contribution in [2.75, 3.05) is 31.5 Å². The maximum absolute atomic E-state index is 13.0. The van der Waals surface area contributed by atoms with Gasteiger partial charge in [-0.3, -0.25) is 9.69 Å². The van der Waals surface area contributed by atoms with Crippen LogP contribution in [0.25, 0.3) is 0 Å². The van der Waals surface area contributed by atoms with Crippen LogP contribution >= 0.6 is 11.3 Å². The normalized spacial score (nSPS) is 26.8. The molecule has 2 N–H and O–H groups in total. The second-order valence-electron chi connectivity index (χ2n) is 7.98. The van der Waals surface area contributed by atoms with Crippen molar-refractivity contribution in [2.45, 2.75) is 64.7 Å². The molecule has 146 valence electrons. The van der Waals surface area contributed by atoms with Crippen molar-refractivity contribution in [2.24, 2.45) is 5.92 Å². The van der Waals surface area contributed by atoms with Crippen molar-refractivity contribution in [3.8, 4) is 0 Å². The van der Waals surface area contributed by atoms with Crippen LogP contribution in [0.4, 0.5) is 5.13 Å². The molecule has 3 unspecified atom stereocenters. The summed E-state index contributed by atoms with van der Waals surface area (Å²) in [6.45, 7) is 12.1. The number of nitrogens with zero attached hydrogens (tertiary/aromatic N) is 2. The standard InChI is InChI=1S/C19H32N4O2S/c1-12(2)17(23-10-13(3)25-14(4)11-23)18(24)22-19-21-9-16(26-19)15-5-7-20-8-6-15/h9,12-15,17,20H,5-8,10-11H2,1-4H3,(H,21,22,24). The SMILES string of the molecule is CC1CN(C(C(=O)Nc2ncc(C3CCNCC3)s2)C(C)C)CC(C)O1. The van der Waals surface area contributed by atoms with Gasteiger partial charge in [-0.2, -0.15) is 0 Å². The Morgan fingerprint density at radius 1 is 1.31 bits per heavy atom. The quantitative estimate of drug-likeness (QED) is 0.822. The number of amides is 1. The molecule has 3 heterocycles. The third-order valence-corrected chi connectivity index (χ3v) is 6.31. The van der Waals surface area contributed by atoms with Gasteiger partial charge in [-0.15, -0.1) is 11.3 Å². The molecule has 7 heteroatoms. The average Bonchev–Trinajstić information content (AvgIpc) is 3.03. The topological polar surface area (TPSA) is 66.5 Å². The van der Waals surface area contributed by atoms with E-state index in [9.17, 15) is 4.79 Å². The van der Waals surface area contributed by atoms with Crippen molar-refractivity contribution in [3.63, 3.8) is 0 Å². The molecular formula is C19H32N4O2S. The van der Waals surface area contributed by atoms with Gasteiger partial charge in [0.1, 0.15) is 0 Å². The van der Waals surface area contributed by atoms with Crippen LogP contribution in [0.2, 0.25) is 0 Å². The number of piperidine rings is 1. The van der Waals surface area contributed by atoms with E-state index < -0.39 is 0 Å². The number of carbonyl (C=O) groups excluding carboxylic acids is 1. The minimum absolute atomic E-state index is 0.0486. The van der Waals surface area contributed by atoms with Gasteiger partial charge in [-0.25, -0.2) is 4.98 Å². The third-order valence-electron chi connectivity index (χ3n) is 5.24. The highest BCUT2D eigenvalue weighted by molar-refractivity contribution is 7.15. The number of morpholine rings is 1. The zero-order chi connectivity index (χ0) is 18.7. The van der Waals surface area contributed by atoms with E-state index in [1.165, 1.54) is 4.88 Å². The fraction of sp³-hybridized carbons (Fsp3) is 0.789. The number of carbonyl (C=O) groups is 1. The summed E-state index contributed by atoms with van der Waals surface area (Å²) in [4.78, 5) is 21.0. The largest absolute Gasteiger partial charge is 0.373 e. The van der Waals surface area contributed by atoms with Gasteiger partial charge in [0.25, 0.3) is 0 Å². The second kappa shape index (κ2) is 8.78. The van der Waals surface area contributed by atoms with E-state index in [2.05, 4.69) is 48.2 Å². The summed E-state index contributed by atoms with van der Waals surface area (Å²) in [5, 5.41) is 7.20. The van der Waals surface area contributed by atoms with Crippen molar-refractivity contribution >= 4 is 22.4 Å². The number of anilines is 1. The van der Waals surface area contributed by atoms with E-state index >= 15 is 0 Å². The minimum atomic E-state index is -0.157. The molecule has 0 bridgehead atoms. The first-order valence-corrected chi connectivity index (χ1v) is 10.6. The Hall–Kier alpha value is -1.02. The molecule has 0 radical (unpaired) electrons. The van der Waals surface area contributed by atoms with Gasteiger partial charge in [0.15, 0.2) is 5.13 Å². The highest BCUT2D eigenvalue weighted by Gasteiger charge is 2.34. The number of hydrogen-bond donors (Lipinski definition) is 2. The molecule has 0 spiro atoms. The number of rotatable bonds is 5. The van der Waals surface area contributed by atoms with E-state index in [4.69, 9.17) is 4.74 Å². The van der Waals surface area contributed by atoms with E-state index in [0.29, 0.717) is 5.92 Å². The molecule has 3 rings (SSSR count). The summed E-state index contributed by atoms with van der Waals surface area (Å²) >= 11 is 1.63. The monoisotopic (exact) mass is 380 g/mol. The molecule has 26 heavy (non-hydrogen) atoms. The summed E-state index contributed by atoms with van der Waals surface area (Å²) in [6.07, 6.45) is 4.54. The van der Waals surface area contributed by atoms with Crippen LogP contribution in [0.3, 0.4) is 0 Å². The first-order chi connectivity index (χ1) is 12.4. The van der Waals surface area contributed by atoms with Crippen LogP contribution in [0.5, 0.6) is 0 Å². The van der Waals surface area contributed by atoms with Crippen LogP contribution in [0.1, 0.15) is 51.3 Å². The van der Waals surface area contributed by atoms with E-state index in [1.54, 1.807) is 11.3 Å². The number of nitrogens with one attached hydrogen (secondary N) is 2. The predicted octanol–water partition coefficient (Wildman–Crippen LogP) is 2.68. The second-order valence-corrected chi connectivity index (χ2v) is 9.04. The number of hydrogen-bond acceptors (Lipinski definition) is 6. The van der Waals surface area contributed by atoms with Gasteiger partial charge >= 0.3 is 0 Å². The lowest BCUT2D eigenvalue weighted by Crippen LogP contribution is -2.55. The Bertz CT molecular complexity index is 590. The molecule has 0 aliphatic carbocycles. The highest BCUT2D eigenvalue weighted by Crippen LogP contribution is 2.32. The van der Waals surface area contributed by atoms with E-state index in [1.807, 2.05) is 6.20 Å². The lowest BCUT2D eigenvalue weighted by atomic mass is 9.97. The smallest absolute Gasteiger partial charge is 0.243 e. The molecule has 2 saturated heterocycles. The molecule has 1 aromatic heterocycles. The molecule has 3 atom stereocenters. The maximum atomic E-state index is 13.0. The zero-order valence-corrected chi connectivity index (χ0v) is 17.1. The zero-order valence-electron chi connectivity index (χ0n) is 16.3. The number of thiazole rings is 1. The Morgan fingerprint density at radius 3 is 2.58 bits per heavy atom. The van der Waals surface area contributed by atoms with Crippen LogP contribution in [-0.2, 0) is 9.53 Å². The van der Waals surface area contributed by atoms with Gasteiger partial charge in [0, 0.05) is 24.2 Å². The van der Waals surface area contributed by atoms with Crippen molar-refractivity contribution in [1.82, 2.24) is 15.2 Å². The molecule has 6 nitrogen and oxygen atoms in total. The lowest BCUT2D eigenvalue weighted by Gasteiger charge is -2.40. The summed E-state index contributed by atoms with van der Waals surface area (Å²) in [7, 11) is 0. The van der Waals surface area contributed by atoms with Gasteiger partial charge in [-0.1, -0.05) is 13.8 Å². The minimum Gasteiger partial charge on any atom is -0.373 e. The fourth-order valence-electron chi connectivity index (χ4n) is 4.15.